The minimum Gasteiger partial charge on any atom is -0.350 e. The SMILES string of the molecule is CCC(C)C1NC(=S)N(C)C1=O. The standard InChI is InChI=1S/C8H14N2OS/c1-4-5(2)6-7(11)10(3)8(12)9-6/h5-6H,4H2,1-3H3,(H,9,12). The van der Waals surface area contributed by atoms with E-state index < -0.39 is 0 Å². The molecule has 0 aromatic rings. The van der Waals surface area contributed by atoms with Gasteiger partial charge in [-0.05, 0) is 18.1 Å². The van der Waals surface area contributed by atoms with Crippen LogP contribution in [0.2, 0.25) is 0 Å². The summed E-state index contributed by atoms with van der Waals surface area (Å²) in [4.78, 5) is 13.0. The predicted octanol–water partition coefficient (Wildman–Crippen LogP) is 0.748. The lowest BCUT2D eigenvalue weighted by molar-refractivity contribution is -0.127. The van der Waals surface area contributed by atoms with E-state index in [1.165, 1.54) is 4.90 Å². The van der Waals surface area contributed by atoms with Crippen LogP contribution in [0.25, 0.3) is 0 Å². The molecule has 0 bridgehead atoms. The van der Waals surface area contributed by atoms with Gasteiger partial charge in [0.2, 0.25) is 0 Å². The fraction of sp³-hybridized carbons (Fsp3) is 0.750. The topological polar surface area (TPSA) is 32.3 Å². The summed E-state index contributed by atoms with van der Waals surface area (Å²) in [6.07, 6.45) is 0.986. The summed E-state index contributed by atoms with van der Waals surface area (Å²) in [6, 6.07) is -0.104. The maximum atomic E-state index is 11.5. The highest BCUT2D eigenvalue weighted by Crippen LogP contribution is 2.15. The smallest absolute Gasteiger partial charge is 0.251 e. The lowest BCUT2D eigenvalue weighted by atomic mass is 10.00. The first-order valence-corrected chi connectivity index (χ1v) is 4.56. The molecule has 3 nitrogen and oxygen atoms in total. The molecule has 2 atom stereocenters. The van der Waals surface area contributed by atoms with E-state index in [-0.39, 0.29) is 11.9 Å². The molecule has 0 aromatic carbocycles. The van der Waals surface area contributed by atoms with Crippen molar-refractivity contribution < 1.29 is 4.79 Å². The molecule has 0 aromatic heterocycles. The van der Waals surface area contributed by atoms with Gasteiger partial charge >= 0.3 is 0 Å². The lowest BCUT2D eigenvalue weighted by Crippen LogP contribution is -2.35. The Morgan fingerprint density at radius 2 is 2.33 bits per heavy atom. The van der Waals surface area contributed by atoms with Gasteiger partial charge < -0.3 is 5.32 Å². The maximum absolute atomic E-state index is 11.5. The average molecular weight is 186 g/mol. The van der Waals surface area contributed by atoms with Crippen molar-refractivity contribution in [1.29, 1.82) is 0 Å². The van der Waals surface area contributed by atoms with Gasteiger partial charge in [0, 0.05) is 7.05 Å². The van der Waals surface area contributed by atoms with Crippen molar-refractivity contribution in [1.82, 2.24) is 10.2 Å². The summed E-state index contributed by atoms with van der Waals surface area (Å²) in [7, 11) is 1.71. The molecule has 1 N–H and O–H groups in total. The second-order valence-electron chi connectivity index (χ2n) is 3.21. The summed E-state index contributed by atoms with van der Waals surface area (Å²) in [6.45, 7) is 4.12. The summed E-state index contributed by atoms with van der Waals surface area (Å²) >= 11 is 4.96. The van der Waals surface area contributed by atoms with Crippen LogP contribution in [0.15, 0.2) is 0 Å². The van der Waals surface area contributed by atoms with E-state index in [1.807, 2.05) is 0 Å². The molecular formula is C8H14N2OS. The van der Waals surface area contributed by atoms with Crippen LogP contribution in [-0.4, -0.2) is 29.0 Å². The normalized spacial score (nSPS) is 25.9. The zero-order valence-electron chi connectivity index (χ0n) is 7.63. The monoisotopic (exact) mass is 186 g/mol. The molecule has 12 heavy (non-hydrogen) atoms. The van der Waals surface area contributed by atoms with Gasteiger partial charge in [-0.2, -0.15) is 0 Å². The van der Waals surface area contributed by atoms with Gasteiger partial charge in [-0.15, -0.1) is 0 Å². The van der Waals surface area contributed by atoms with Crippen molar-refractivity contribution in [3.05, 3.63) is 0 Å². The molecular weight excluding hydrogens is 172 g/mol. The van der Waals surface area contributed by atoms with E-state index in [0.29, 0.717) is 11.0 Å². The fourth-order valence-corrected chi connectivity index (χ4v) is 1.44. The quantitative estimate of drug-likeness (QED) is 0.646. The minimum absolute atomic E-state index is 0.0920. The molecule has 1 amide bonds. The Kier molecular flexibility index (Phi) is 2.67. The van der Waals surface area contributed by atoms with E-state index in [4.69, 9.17) is 12.2 Å². The fourth-order valence-electron chi connectivity index (χ4n) is 1.22. The molecule has 1 aliphatic rings. The Bertz CT molecular complexity index is 217. The number of amides is 1. The van der Waals surface area contributed by atoms with Crippen molar-refractivity contribution >= 4 is 23.2 Å². The number of rotatable bonds is 2. The molecule has 1 rings (SSSR count). The van der Waals surface area contributed by atoms with Crippen LogP contribution in [0.5, 0.6) is 0 Å². The molecule has 2 unspecified atom stereocenters. The van der Waals surface area contributed by atoms with Crippen LogP contribution in [0.3, 0.4) is 0 Å². The number of nitrogens with one attached hydrogen (secondary N) is 1. The lowest BCUT2D eigenvalue weighted by Gasteiger charge is -2.14. The molecule has 1 aliphatic heterocycles. The third-order valence-electron chi connectivity index (χ3n) is 2.39. The Morgan fingerprint density at radius 3 is 2.67 bits per heavy atom. The molecule has 4 heteroatoms. The van der Waals surface area contributed by atoms with Crippen LogP contribution in [0, 0.1) is 5.92 Å². The van der Waals surface area contributed by atoms with E-state index >= 15 is 0 Å². The zero-order valence-corrected chi connectivity index (χ0v) is 8.44. The summed E-state index contributed by atoms with van der Waals surface area (Å²) in [5.41, 5.74) is 0. The van der Waals surface area contributed by atoms with Crippen LogP contribution in [0.1, 0.15) is 20.3 Å². The van der Waals surface area contributed by atoms with Crippen molar-refractivity contribution in [3.63, 3.8) is 0 Å². The maximum Gasteiger partial charge on any atom is 0.251 e. The number of likely N-dealkylation sites (N-methyl/N-ethyl adjacent to an activating group) is 1. The molecule has 1 saturated heterocycles. The highest BCUT2D eigenvalue weighted by molar-refractivity contribution is 7.80. The van der Waals surface area contributed by atoms with Crippen molar-refractivity contribution in [2.75, 3.05) is 7.05 Å². The molecule has 0 aliphatic carbocycles. The van der Waals surface area contributed by atoms with Gasteiger partial charge in [0.25, 0.3) is 5.91 Å². The number of hydrogen-bond donors (Lipinski definition) is 1. The third kappa shape index (κ3) is 1.43. The van der Waals surface area contributed by atoms with Gasteiger partial charge in [0.15, 0.2) is 5.11 Å². The Hall–Kier alpha value is -0.640. The first-order valence-electron chi connectivity index (χ1n) is 4.16. The minimum atomic E-state index is -0.104. The Balaban J connectivity index is 2.71. The highest BCUT2D eigenvalue weighted by atomic mass is 32.1. The molecule has 1 fully saturated rings. The number of carbonyl (C=O) groups excluding carboxylic acids is 1. The summed E-state index contributed by atoms with van der Waals surface area (Å²) in [5.74, 6) is 0.440. The highest BCUT2D eigenvalue weighted by Gasteiger charge is 2.35. The first kappa shape index (κ1) is 9.45. The summed E-state index contributed by atoms with van der Waals surface area (Å²) < 4.78 is 0. The van der Waals surface area contributed by atoms with Gasteiger partial charge in [-0.1, -0.05) is 20.3 Å². The van der Waals surface area contributed by atoms with Gasteiger partial charge in [-0.25, -0.2) is 0 Å². The Morgan fingerprint density at radius 1 is 1.75 bits per heavy atom. The largest absolute Gasteiger partial charge is 0.350 e. The summed E-state index contributed by atoms with van der Waals surface area (Å²) in [5, 5.41) is 3.56. The first-order chi connectivity index (χ1) is 5.57. The van der Waals surface area contributed by atoms with E-state index in [1.54, 1.807) is 7.05 Å². The van der Waals surface area contributed by atoms with Crippen molar-refractivity contribution in [3.8, 4) is 0 Å². The van der Waals surface area contributed by atoms with Gasteiger partial charge in [0.05, 0.1) is 0 Å². The number of nitrogens with zero attached hydrogens (tertiary/aromatic N) is 1. The third-order valence-corrected chi connectivity index (χ3v) is 2.78. The molecule has 0 spiro atoms. The molecule has 68 valence electrons. The van der Waals surface area contributed by atoms with Crippen LogP contribution >= 0.6 is 12.2 Å². The molecule has 1 heterocycles. The van der Waals surface area contributed by atoms with E-state index in [9.17, 15) is 4.79 Å². The second kappa shape index (κ2) is 3.39. The van der Waals surface area contributed by atoms with E-state index in [2.05, 4.69) is 19.2 Å². The van der Waals surface area contributed by atoms with Crippen molar-refractivity contribution in [2.24, 2.45) is 5.92 Å². The number of carbonyl (C=O) groups is 1. The van der Waals surface area contributed by atoms with Crippen molar-refractivity contribution in [2.45, 2.75) is 26.3 Å². The predicted molar refractivity (Wildman–Crippen MR) is 51.7 cm³/mol. The van der Waals surface area contributed by atoms with Crippen LogP contribution in [0.4, 0.5) is 0 Å². The number of hydrogen-bond acceptors (Lipinski definition) is 2. The van der Waals surface area contributed by atoms with Gasteiger partial charge in [0.1, 0.15) is 6.04 Å². The Labute approximate surface area is 78.1 Å². The number of thiocarbonyl (C=S) groups is 1. The van der Waals surface area contributed by atoms with E-state index in [0.717, 1.165) is 6.42 Å². The van der Waals surface area contributed by atoms with Crippen LogP contribution in [-0.2, 0) is 4.79 Å². The molecule has 0 radical (unpaired) electrons. The zero-order chi connectivity index (χ0) is 9.30. The average Bonchev–Trinajstić information content (AvgIpc) is 2.32. The van der Waals surface area contributed by atoms with Gasteiger partial charge in [-0.3, -0.25) is 9.69 Å². The van der Waals surface area contributed by atoms with Crippen LogP contribution < -0.4 is 5.32 Å². The molecule has 0 saturated carbocycles. The second-order valence-corrected chi connectivity index (χ2v) is 3.60.